The second-order valence-corrected chi connectivity index (χ2v) is 6.88. The van der Waals surface area contributed by atoms with Crippen molar-refractivity contribution >= 4 is 17.5 Å². The summed E-state index contributed by atoms with van der Waals surface area (Å²) in [6.07, 6.45) is 0.929. The Bertz CT molecular complexity index is 960. The van der Waals surface area contributed by atoms with Crippen molar-refractivity contribution in [3.63, 3.8) is 0 Å². The summed E-state index contributed by atoms with van der Waals surface area (Å²) in [5.74, 6) is 0.566. The van der Waals surface area contributed by atoms with Crippen LogP contribution in [0.2, 0.25) is 0 Å². The van der Waals surface area contributed by atoms with Gasteiger partial charge in [-0.3, -0.25) is 9.59 Å². The highest BCUT2D eigenvalue weighted by Gasteiger charge is 2.23. The van der Waals surface area contributed by atoms with Crippen LogP contribution in [0.25, 0.3) is 0 Å². The molecule has 1 atom stereocenters. The lowest BCUT2D eigenvalue weighted by atomic mass is 10.1. The molecule has 0 aliphatic rings. The van der Waals surface area contributed by atoms with Gasteiger partial charge in [-0.05, 0) is 48.4 Å². The lowest BCUT2D eigenvalue weighted by Gasteiger charge is -2.19. The maximum absolute atomic E-state index is 12.9. The third kappa shape index (κ3) is 6.89. The molecule has 6 heteroatoms. The zero-order valence-corrected chi connectivity index (χ0v) is 17.4. The largest absolute Gasteiger partial charge is 0.494 e. The molecule has 160 valence electrons. The Hall–Kier alpha value is -3.80. The fourth-order valence-electron chi connectivity index (χ4n) is 2.89. The first-order valence-corrected chi connectivity index (χ1v) is 10.2. The van der Waals surface area contributed by atoms with E-state index in [9.17, 15) is 9.59 Å². The van der Waals surface area contributed by atoms with E-state index >= 15 is 0 Å². The van der Waals surface area contributed by atoms with Crippen LogP contribution in [0, 0.1) is 0 Å². The smallest absolute Gasteiger partial charge is 0.258 e. The van der Waals surface area contributed by atoms with Gasteiger partial charge in [0.15, 0.2) is 6.61 Å². The molecule has 0 saturated heterocycles. The number of nitrogens with one attached hydrogen (secondary N) is 2. The molecule has 3 aromatic carbocycles. The molecule has 0 radical (unpaired) electrons. The standard InChI is InChI=1S/C25H26N2O4/c1-2-17-30-21-13-15-22(16-14-21)31-18-23(28)27-24(19-9-5-3-6-10-19)25(29)26-20-11-7-4-8-12-20/h3-16,24H,2,17-18H2,1H3,(H,26,29)(H,27,28). The fraction of sp³-hybridized carbons (Fsp3) is 0.200. The van der Waals surface area contributed by atoms with Gasteiger partial charge in [0, 0.05) is 5.69 Å². The zero-order valence-electron chi connectivity index (χ0n) is 17.4. The Kier molecular flexibility index (Phi) is 8.05. The van der Waals surface area contributed by atoms with Crippen molar-refractivity contribution < 1.29 is 19.1 Å². The van der Waals surface area contributed by atoms with Gasteiger partial charge in [-0.15, -0.1) is 0 Å². The predicted octanol–water partition coefficient (Wildman–Crippen LogP) is 4.35. The van der Waals surface area contributed by atoms with Crippen LogP contribution in [0.1, 0.15) is 24.9 Å². The second-order valence-electron chi connectivity index (χ2n) is 6.88. The van der Waals surface area contributed by atoms with Crippen molar-refractivity contribution in [3.8, 4) is 11.5 Å². The van der Waals surface area contributed by atoms with Gasteiger partial charge >= 0.3 is 0 Å². The minimum atomic E-state index is -0.845. The van der Waals surface area contributed by atoms with E-state index in [0.29, 0.717) is 23.6 Å². The van der Waals surface area contributed by atoms with Crippen molar-refractivity contribution in [1.82, 2.24) is 5.32 Å². The first-order chi connectivity index (χ1) is 15.2. The lowest BCUT2D eigenvalue weighted by Crippen LogP contribution is -2.39. The van der Waals surface area contributed by atoms with E-state index in [2.05, 4.69) is 10.6 Å². The maximum Gasteiger partial charge on any atom is 0.258 e. The molecule has 0 aliphatic carbocycles. The number of rotatable bonds is 10. The van der Waals surface area contributed by atoms with Crippen molar-refractivity contribution in [3.05, 3.63) is 90.5 Å². The molecular formula is C25H26N2O4. The molecule has 3 rings (SSSR count). The molecule has 2 N–H and O–H groups in total. The van der Waals surface area contributed by atoms with Gasteiger partial charge in [0.05, 0.1) is 6.61 Å². The SMILES string of the molecule is CCCOc1ccc(OCC(=O)NC(C(=O)Nc2ccccc2)c2ccccc2)cc1. The minimum absolute atomic E-state index is 0.211. The molecule has 0 saturated carbocycles. The predicted molar refractivity (Wildman–Crippen MR) is 120 cm³/mol. The van der Waals surface area contributed by atoms with Crippen LogP contribution in [-0.2, 0) is 9.59 Å². The lowest BCUT2D eigenvalue weighted by molar-refractivity contribution is -0.128. The average molecular weight is 418 g/mol. The number of hydrogen-bond acceptors (Lipinski definition) is 4. The molecule has 2 amide bonds. The van der Waals surface area contributed by atoms with Gasteiger partial charge in [-0.2, -0.15) is 0 Å². The van der Waals surface area contributed by atoms with E-state index < -0.39 is 11.9 Å². The normalized spacial score (nSPS) is 11.3. The van der Waals surface area contributed by atoms with Crippen LogP contribution in [0.3, 0.4) is 0 Å². The van der Waals surface area contributed by atoms with Gasteiger partial charge < -0.3 is 20.1 Å². The molecule has 31 heavy (non-hydrogen) atoms. The van der Waals surface area contributed by atoms with Crippen LogP contribution in [-0.4, -0.2) is 25.0 Å². The Labute approximate surface area is 182 Å². The number of anilines is 1. The topological polar surface area (TPSA) is 76.7 Å². The van der Waals surface area contributed by atoms with Crippen molar-refractivity contribution in [2.24, 2.45) is 0 Å². The number of carbonyl (C=O) groups is 2. The van der Waals surface area contributed by atoms with Crippen molar-refractivity contribution in [2.45, 2.75) is 19.4 Å². The number of ether oxygens (including phenoxy) is 2. The fourth-order valence-corrected chi connectivity index (χ4v) is 2.89. The van der Waals surface area contributed by atoms with E-state index in [-0.39, 0.29) is 12.5 Å². The molecule has 0 heterocycles. The molecule has 3 aromatic rings. The zero-order chi connectivity index (χ0) is 21.9. The third-order valence-corrected chi connectivity index (χ3v) is 4.41. The van der Waals surface area contributed by atoms with E-state index in [1.807, 2.05) is 43.3 Å². The molecule has 1 unspecified atom stereocenters. The summed E-state index contributed by atoms with van der Waals surface area (Å²) in [7, 11) is 0. The summed E-state index contributed by atoms with van der Waals surface area (Å²) in [6.45, 7) is 2.48. The molecule has 0 aliphatic heterocycles. The quantitative estimate of drug-likeness (QED) is 0.513. The average Bonchev–Trinajstić information content (AvgIpc) is 2.81. The molecule has 0 spiro atoms. The van der Waals surface area contributed by atoms with Crippen LogP contribution in [0.5, 0.6) is 11.5 Å². The molecule has 6 nitrogen and oxygen atoms in total. The Balaban J connectivity index is 1.61. The van der Waals surface area contributed by atoms with Crippen molar-refractivity contribution in [2.75, 3.05) is 18.5 Å². The first kappa shape index (κ1) is 21.9. The Morgan fingerprint density at radius 3 is 2.00 bits per heavy atom. The Morgan fingerprint density at radius 1 is 0.806 bits per heavy atom. The summed E-state index contributed by atoms with van der Waals surface area (Å²) in [4.78, 5) is 25.4. The van der Waals surface area contributed by atoms with E-state index in [4.69, 9.17) is 9.47 Å². The summed E-state index contributed by atoms with van der Waals surface area (Å²) in [5, 5.41) is 5.60. The number of hydrogen-bond donors (Lipinski definition) is 2. The molecule has 0 fully saturated rings. The third-order valence-electron chi connectivity index (χ3n) is 4.41. The van der Waals surface area contributed by atoms with E-state index in [1.165, 1.54) is 0 Å². The first-order valence-electron chi connectivity index (χ1n) is 10.2. The molecular weight excluding hydrogens is 392 g/mol. The number of benzene rings is 3. The minimum Gasteiger partial charge on any atom is -0.494 e. The van der Waals surface area contributed by atoms with Gasteiger partial charge in [-0.25, -0.2) is 0 Å². The highest BCUT2D eigenvalue weighted by atomic mass is 16.5. The Morgan fingerprint density at radius 2 is 1.39 bits per heavy atom. The maximum atomic E-state index is 12.9. The summed E-state index contributed by atoms with van der Waals surface area (Å²) >= 11 is 0. The molecule has 0 aromatic heterocycles. The van der Waals surface area contributed by atoms with Gasteiger partial charge in [-0.1, -0.05) is 55.5 Å². The van der Waals surface area contributed by atoms with Gasteiger partial charge in [0.2, 0.25) is 0 Å². The van der Waals surface area contributed by atoms with Crippen LogP contribution in [0.4, 0.5) is 5.69 Å². The van der Waals surface area contributed by atoms with Crippen molar-refractivity contribution in [1.29, 1.82) is 0 Å². The summed E-state index contributed by atoms with van der Waals surface area (Å²) in [5.41, 5.74) is 1.34. The monoisotopic (exact) mass is 418 g/mol. The number of para-hydroxylation sites is 1. The summed E-state index contributed by atoms with van der Waals surface area (Å²) in [6, 6.07) is 24.4. The van der Waals surface area contributed by atoms with Crippen LogP contribution >= 0.6 is 0 Å². The molecule has 0 bridgehead atoms. The van der Waals surface area contributed by atoms with Crippen LogP contribution < -0.4 is 20.1 Å². The number of carbonyl (C=O) groups excluding carboxylic acids is 2. The highest BCUT2D eigenvalue weighted by Crippen LogP contribution is 2.19. The second kappa shape index (κ2) is 11.4. The van der Waals surface area contributed by atoms with E-state index in [1.54, 1.807) is 48.5 Å². The van der Waals surface area contributed by atoms with Crippen LogP contribution in [0.15, 0.2) is 84.9 Å². The summed E-state index contributed by atoms with van der Waals surface area (Å²) < 4.78 is 11.1. The van der Waals surface area contributed by atoms with Gasteiger partial charge in [0.1, 0.15) is 17.5 Å². The van der Waals surface area contributed by atoms with E-state index in [0.717, 1.165) is 12.2 Å². The number of amides is 2. The highest BCUT2D eigenvalue weighted by molar-refractivity contribution is 5.98. The van der Waals surface area contributed by atoms with Gasteiger partial charge in [0.25, 0.3) is 11.8 Å².